The molecule has 0 saturated heterocycles. The molecule has 1 aromatic heterocycles. The Balaban J connectivity index is 2.56. The van der Waals surface area contributed by atoms with Crippen molar-refractivity contribution in [3.05, 3.63) is 29.6 Å². The van der Waals surface area contributed by atoms with Crippen LogP contribution in [0.5, 0.6) is 0 Å². The Morgan fingerprint density at radius 1 is 1.57 bits per heavy atom. The second-order valence-electron chi connectivity index (χ2n) is 3.04. The second-order valence-corrected chi connectivity index (χ2v) is 3.04. The van der Waals surface area contributed by atoms with Gasteiger partial charge in [-0.2, -0.15) is 0 Å². The maximum Gasteiger partial charge on any atom is 0.183 e. The van der Waals surface area contributed by atoms with Crippen molar-refractivity contribution in [2.75, 3.05) is 13.2 Å². The van der Waals surface area contributed by atoms with Crippen LogP contribution in [-0.2, 0) is 4.74 Å². The van der Waals surface area contributed by atoms with Crippen LogP contribution in [0.2, 0.25) is 0 Å². The largest absolute Gasteiger partial charge is 0.381 e. The molecule has 3 heteroatoms. The zero-order valence-electron chi connectivity index (χ0n) is 8.62. The minimum absolute atomic E-state index is 0.0524. The predicted molar refractivity (Wildman–Crippen MR) is 54.4 cm³/mol. The van der Waals surface area contributed by atoms with Crippen LogP contribution in [-0.4, -0.2) is 24.0 Å². The lowest BCUT2D eigenvalue weighted by Crippen LogP contribution is -2.08. The molecular formula is C11H15NO2. The van der Waals surface area contributed by atoms with E-state index in [2.05, 4.69) is 4.98 Å². The van der Waals surface area contributed by atoms with Crippen molar-refractivity contribution >= 4 is 5.78 Å². The van der Waals surface area contributed by atoms with Gasteiger partial charge in [-0.05, 0) is 25.5 Å². The van der Waals surface area contributed by atoms with E-state index in [4.69, 9.17) is 4.74 Å². The highest BCUT2D eigenvalue weighted by molar-refractivity contribution is 5.95. The van der Waals surface area contributed by atoms with E-state index in [9.17, 15) is 4.79 Å². The molecule has 76 valence electrons. The number of hydrogen-bond donors (Lipinski definition) is 0. The van der Waals surface area contributed by atoms with Crippen LogP contribution in [0, 0.1) is 6.92 Å². The van der Waals surface area contributed by atoms with Crippen molar-refractivity contribution in [2.45, 2.75) is 20.3 Å². The molecule has 0 aliphatic carbocycles. The van der Waals surface area contributed by atoms with Gasteiger partial charge in [-0.3, -0.25) is 9.78 Å². The number of ether oxygens (including phenoxy) is 1. The molecule has 0 N–H and O–H groups in total. The molecule has 0 saturated carbocycles. The smallest absolute Gasteiger partial charge is 0.183 e. The van der Waals surface area contributed by atoms with Crippen LogP contribution < -0.4 is 0 Å². The number of nitrogens with zero attached hydrogens (tertiary/aromatic N) is 1. The number of aryl methyl sites for hydroxylation is 1. The molecule has 0 aliphatic heterocycles. The van der Waals surface area contributed by atoms with E-state index in [1.165, 1.54) is 0 Å². The Kier molecular flexibility index (Phi) is 4.26. The summed E-state index contributed by atoms with van der Waals surface area (Å²) in [7, 11) is 0. The number of Topliss-reactive ketones (excluding diaryl/α,β-unsaturated/α-hetero) is 1. The number of carbonyl (C=O) groups is 1. The molecule has 0 atom stereocenters. The lowest BCUT2D eigenvalue weighted by molar-refractivity contribution is 0.0890. The number of rotatable bonds is 5. The summed E-state index contributed by atoms with van der Waals surface area (Å²) >= 11 is 0. The van der Waals surface area contributed by atoms with Crippen molar-refractivity contribution in [1.82, 2.24) is 4.98 Å². The number of ketones is 1. The Labute approximate surface area is 84.1 Å². The lowest BCUT2D eigenvalue weighted by atomic mass is 10.1. The molecule has 0 fully saturated rings. The van der Waals surface area contributed by atoms with Gasteiger partial charge in [-0.25, -0.2) is 0 Å². The molecule has 1 heterocycles. The Morgan fingerprint density at radius 2 is 2.36 bits per heavy atom. The lowest BCUT2D eigenvalue weighted by Gasteiger charge is -2.03. The zero-order valence-corrected chi connectivity index (χ0v) is 8.62. The van der Waals surface area contributed by atoms with Gasteiger partial charge in [0.15, 0.2) is 5.78 Å². The van der Waals surface area contributed by atoms with Gasteiger partial charge in [0, 0.05) is 19.2 Å². The van der Waals surface area contributed by atoms with Crippen molar-refractivity contribution in [1.29, 1.82) is 0 Å². The normalized spacial score (nSPS) is 10.1. The van der Waals surface area contributed by atoms with E-state index in [1.54, 1.807) is 6.20 Å². The average Bonchev–Trinajstić information content (AvgIpc) is 2.18. The van der Waals surface area contributed by atoms with Gasteiger partial charge < -0.3 is 4.74 Å². The maximum absolute atomic E-state index is 11.6. The number of hydrogen-bond acceptors (Lipinski definition) is 3. The first-order valence-electron chi connectivity index (χ1n) is 4.78. The van der Waals surface area contributed by atoms with Gasteiger partial charge in [0.25, 0.3) is 0 Å². The average molecular weight is 193 g/mol. The summed E-state index contributed by atoms with van der Waals surface area (Å²) in [6.07, 6.45) is 2.05. The fraction of sp³-hybridized carbons (Fsp3) is 0.455. The van der Waals surface area contributed by atoms with Gasteiger partial charge in [0.1, 0.15) is 5.69 Å². The molecule has 0 bridgehead atoms. The van der Waals surface area contributed by atoms with Crippen LogP contribution in [0.4, 0.5) is 0 Å². The van der Waals surface area contributed by atoms with E-state index in [0.717, 1.165) is 5.56 Å². The maximum atomic E-state index is 11.6. The summed E-state index contributed by atoms with van der Waals surface area (Å²) in [5, 5.41) is 0. The van der Waals surface area contributed by atoms with Crippen LogP contribution in [0.3, 0.4) is 0 Å². The molecular weight excluding hydrogens is 178 g/mol. The fourth-order valence-corrected chi connectivity index (χ4v) is 1.21. The first-order valence-corrected chi connectivity index (χ1v) is 4.78. The van der Waals surface area contributed by atoms with Crippen LogP contribution in [0.15, 0.2) is 18.3 Å². The number of pyridine rings is 1. The summed E-state index contributed by atoms with van der Waals surface area (Å²) in [4.78, 5) is 15.6. The van der Waals surface area contributed by atoms with Gasteiger partial charge in [0.2, 0.25) is 0 Å². The monoisotopic (exact) mass is 193 g/mol. The third-order valence-corrected chi connectivity index (χ3v) is 1.95. The van der Waals surface area contributed by atoms with E-state index < -0.39 is 0 Å². The minimum Gasteiger partial charge on any atom is -0.381 e. The highest BCUT2D eigenvalue weighted by atomic mass is 16.5. The first kappa shape index (κ1) is 10.9. The number of aromatic nitrogens is 1. The Morgan fingerprint density at radius 3 is 3.00 bits per heavy atom. The Bertz CT molecular complexity index is 310. The van der Waals surface area contributed by atoms with Gasteiger partial charge in [0.05, 0.1) is 6.61 Å². The molecule has 0 amide bonds. The summed E-state index contributed by atoms with van der Waals surface area (Å²) in [6.45, 7) is 4.93. The molecule has 1 aromatic rings. The molecule has 0 aromatic carbocycles. The molecule has 0 spiro atoms. The van der Waals surface area contributed by atoms with Gasteiger partial charge in [-0.1, -0.05) is 6.07 Å². The fourth-order valence-electron chi connectivity index (χ4n) is 1.21. The predicted octanol–water partition coefficient (Wildman–Crippen LogP) is 2.00. The molecule has 0 unspecified atom stereocenters. The quantitative estimate of drug-likeness (QED) is 0.530. The van der Waals surface area contributed by atoms with E-state index >= 15 is 0 Å². The Hall–Kier alpha value is -1.22. The highest BCUT2D eigenvalue weighted by Crippen LogP contribution is 2.06. The summed E-state index contributed by atoms with van der Waals surface area (Å²) in [6, 6.07) is 3.72. The van der Waals surface area contributed by atoms with Crippen molar-refractivity contribution in [3.8, 4) is 0 Å². The third-order valence-electron chi connectivity index (χ3n) is 1.95. The topological polar surface area (TPSA) is 39.2 Å². The summed E-state index contributed by atoms with van der Waals surface area (Å²) in [5.74, 6) is 0.0524. The molecule has 3 nitrogen and oxygen atoms in total. The van der Waals surface area contributed by atoms with Crippen molar-refractivity contribution in [3.63, 3.8) is 0 Å². The highest BCUT2D eigenvalue weighted by Gasteiger charge is 2.09. The summed E-state index contributed by atoms with van der Waals surface area (Å²) in [5.41, 5.74) is 1.49. The van der Waals surface area contributed by atoms with Gasteiger partial charge >= 0.3 is 0 Å². The zero-order chi connectivity index (χ0) is 10.4. The molecule has 1 rings (SSSR count). The van der Waals surface area contributed by atoms with E-state index in [-0.39, 0.29) is 5.78 Å². The van der Waals surface area contributed by atoms with Crippen molar-refractivity contribution < 1.29 is 9.53 Å². The second kappa shape index (κ2) is 5.50. The third kappa shape index (κ3) is 2.92. The van der Waals surface area contributed by atoms with E-state index in [1.807, 2.05) is 26.0 Å². The summed E-state index contributed by atoms with van der Waals surface area (Å²) < 4.78 is 5.12. The standard InChI is InChI=1S/C11H15NO2/c1-3-14-8-6-10(13)11-9(2)5-4-7-12-11/h4-5,7H,3,6,8H2,1-2H3. The molecule has 0 aliphatic rings. The van der Waals surface area contributed by atoms with Crippen LogP contribution in [0.1, 0.15) is 29.4 Å². The van der Waals surface area contributed by atoms with Crippen LogP contribution >= 0.6 is 0 Å². The van der Waals surface area contributed by atoms with Crippen LogP contribution in [0.25, 0.3) is 0 Å². The molecule has 14 heavy (non-hydrogen) atoms. The molecule has 0 radical (unpaired) electrons. The van der Waals surface area contributed by atoms with Gasteiger partial charge in [-0.15, -0.1) is 0 Å². The van der Waals surface area contributed by atoms with Crippen molar-refractivity contribution in [2.24, 2.45) is 0 Å². The minimum atomic E-state index is 0.0524. The SMILES string of the molecule is CCOCCC(=O)c1ncccc1C. The number of carbonyl (C=O) groups excluding carboxylic acids is 1. The first-order chi connectivity index (χ1) is 6.75. The van der Waals surface area contributed by atoms with E-state index in [0.29, 0.717) is 25.3 Å².